The smallest absolute Gasteiger partial charge is 0.0730 e. The van der Waals surface area contributed by atoms with Gasteiger partial charge >= 0.3 is 0 Å². The molecule has 1 fully saturated rings. The fraction of sp³-hybridized carbons (Fsp3) is 1.00. The molecule has 1 saturated heterocycles. The van der Waals surface area contributed by atoms with Crippen molar-refractivity contribution in [2.24, 2.45) is 5.92 Å². The van der Waals surface area contributed by atoms with E-state index in [0.29, 0.717) is 12.1 Å². The van der Waals surface area contributed by atoms with E-state index in [4.69, 9.17) is 4.74 Å². The van der Waals surface area contributed by atoms with Crippen LogP contribution < -0.4 is 5.32 Å². The highest BCUT2D eigenvalue weighted by atomic mass is 16.5. The van der Waals surface area contributed by atoms with Gasteiger partial charge in [-0.25, -0.2) is 0 Å². The lowest BCUT2D eigenvalue weighted by molar-refractivity contribution is -0.0216. The first-order valence-electron chi connectivity index (χ1n) is 6.68. The fourth-order valence-electron chi connectivity index (χ4n) is 2.68. The van der Waals surface area contributed by atoms with Crippen LogP contribution in [0.1, 0.15) is 52.9 Å². The van der Waals surface area contributed by atoms with Gasteiger partial charge in [-0.1, -0.05) is 33.6 Å². The Hall–Kier alpha value is -0.0800. The van der Waals surface area contributed by atoms with Crippen molar-refractivity contribution in [3.63, 3.8) is 0 Å². The van der Waals surface area contributed by atoms with Crippen molar-refractivity contribution in [1.29, 1.82) is 0 Å². The molecule has 1 rings (SSSR count). The monoisotopic (exact) mass is 213 g/mol. The zero-order valence-electron chi connectivity index (χ0n) is 10.6. The van der Waals surface area contributed by atoms with Gasteiger partial charge in [-0.3, -0.25) is 0 Å². The summed E-state index contributed by atoms with van der Waals surface area (Å²) in [5.41, 5.74) is 0. The summed E-state index contributed by atoms with van der Waals surface area (Å²) in [6.07, 6.45) is 6.81. The van der Waals surface area contributed by atoms with Crippen molar-refractivity contribution in [2.45, 2.75) is 65.0 Å². The molecule has 2 heteroatoms. The number of ether oxygens (including phenoxy) is 1. The van der Waals surface area contributed by atoms with Gasteiger partial charge < -0.3 is 10.1 Å². The summed E-state index contributed by atoms with van der Waals surface area (Å²) in [4.78, 5) is 0. The van der Waals surface area contributed by atoms with E-state index in [1.807, 2.05) is 0 Å². The van der Waals surface area contributed by atoms with Crippen LogP contribution in [0.15, 0.2) is 0 Å². The van der Waals surface area contributed by atoms with E-state index >= 15 is 0 Å². The van der Waals surface area contributed by atoms with Crippen molar-refractivity contribution < 1.29 is 4.74 Å². The summed E-state index contributed by atoms with van der Waals surface area (Å²) >= 11 is 0. The van der Waals surface area contributed by atoms with Gasteiger partial charge in [0.25, 0.3) is 0 Å². The first-order valence-corrected chi connectivity index (χ1v) is 6.68. The quantitative estimate of drug-likeness (QED) is 0.732. The Morgan fingerprint density at radius 2 is 1.93 bits per heavy atom. The van der Waals surface area contributed by atoms with Crippen LogP contribution in [-0.4, -0.2) is 25.3 Å². The Labute approximate surface area is 94.8 Å². The van der Waals surface area contributed by atoms with Crippen molar-refractivity contribution >= 4 is 0 Å². The average Bonchev–Trinajstić information content (AvgIpc) is 2.30. The number of likely N-dealkylation sites (N-methyl/N-ethyl adjacent to an activating group) is 1. The second-order valence-electron chi connectivity index (χ2n) is 4.57. The molecule has 0 bridgehead atoms. The van der Waals surface area contributed by atoms with Crippen LogP contribution in [0.4, 0.5) is 0 Å². The van der Waals surface area contributed by atoms with E-state index in [1.54, 1.807) is 0 Å². The van der Waals surface area contributed by atoms with E-state index in [0.717, 1.165) is 19.1 Å². The molecule has 1 aliphatic rings. The number of hydrogen-bond donors (Lipinski definition) is 1. The van der Waals surface area contributed by atoms with E-state index < -0.39 is 0 Å². The van der Waals surface area contributed by atoms with Gasteiger partial charge in [0.05, 0.1) is 6.10 Å². The molecule has 0 saturated carbocycles. The van der Waals surface area contributed by atoms with Crippen LogP contribution in [-0.2, 0) is 4.74 Å². The second kappa shape index (κ2) is 7.24. The molecule has 1 heterocycles. The molecule has 1 N–H and O–H groups in total. The summed E-state index contributed by atoms with van der Waals surface area (Å²) in [5, 5.41) is 3.63. The van der Waals surface area contributed by atoms with Gasteiger partial charge in [-0.15, -0.1) is 0 Å². The molecule has 0 aromatic carbocycles. The Morgan fingerprint density at radius 3 is 2.40 bits per heavy atom. The van der Waals surface area contributed by atoms with Crippen LogP contribution in [0.2, 0.25) is 0 Å². The van der Waals surface area contributed by atoms with Crippen LogP contribution >= 0.6 is 0 Å². The summed E-state index contributed by atoms with van der Waals surface area (Å²) in [7, 11) is 0. The van der Waals surface area contributed by atoms with Gasteiger partial charge in [-0.05, 0) is 31.7 Å². The Balaban J connectivity index is 2.53. The number of rotatable bonds is 6. The van der Waals surface area contributed by atoms with Gasteiger partial charge in [0, 0.05) is 12.6 Å². The summed E-state index contributed by atoms with van der Waals surface area (Å²) in [6.45, 7) is 8.80. The summed E-state index contributed by atoms with van der Waals surface area (Å²) < 4.78 is 5.91. The highest BCUT2D eigenvalue weighted by molar-refractivity contribution is 4.84. The van der Waals surface area contributed by atoms with Crippen LogP contribution in [0.5, 0.6) is 0 Å². The summed E-state index contributed by atoms with van der Waals surface area (Å²) in [5.74, 6) is 0.771. The third kappa shape index (κ3) is 3.76. The fourth-order valence-corrected chi connectivity index (χ4v) is 2.68. The van der Waals surface area contributed by atoms with Crippen LogP contribution in [0.25, 0.3) is 0 Å². The molecular formula is C13H27NO. The molecule has 1 aliphatic heterocycles. The third-order valence-electron chi connectivity index (χ3n) is 3.61. The van der Waals surface area contributed by atoms with Crippen LogP contribution in [0.3, 0.4) is 0 Å². The largest absolute Gasteiger partial charge is 0.377 e. The maximum absolute atomic E-state index is 5.91. The lowest BCUT2D eigenvalue weighted by Gasteiger charge is -2.35. The minimum atomic E-state index is 0.462. The first kappa shape index (κ1) is 13.0. The SMILES string of the molecule is CCNC(C(CC)CC)C1CCCCO1. The topological polar surface area (TPSA) is 21.3 Å². The molecule has 2 unspecified atom stereocenters. The number of hydrogen-bond acceptors (Lipinski definition) is 2. The van der Waals surface area contributed by atoms with Gasteiger partial charge in [0.2, 0.25) is 0 Å². The molecule has 90 valence electrons. The molecule has 0 radical (unpaired) electrons. The third-order valence-corrected chi connectivity index (χ3v) is 3.61. The summed E-state index contributed by atoms with van der Waals surface area (Å²) in [6, 6.07) is 0.574. The van der Waals surface area contributed by atoms with Crippen molar-refractivity contribution in [3.8, 4) is 0 Å². The van der Waals surface area contributed by atoms with Gasteiger partial charge in [0.1, 0.15) is 0 Å². The lowest BCUT2D eigenvalue weighted by Crippen LogP contribution is -2.47. The molecule has 0 aliphatic carbocycles. The lowest BCUT2D eigenvalue weighted by atomic mass is 9.87. The molecule has 2 atom stereocenters. The zero-order valence-corrected chi connectivity index (χ0v) is 10.6. The molecule has 0 aromatic heterocycles. The normalized spacial score (nSPS) is 24.4. The average molecular weight is 213 g/mol. The van der Waals surface area contributed by atoms with Gasteiger partial charge in [-0.2, -0.15) is 0 Å². The molecule has 2 nitrogen and oxygen atoms in total. The van der Waals surface area contributed by atoms with Gasteiger partial charge in [0.15, 0.2) is 0 Å². The van der Waals surface area contributed by atoms with E-state index in [-0.39, 0.29) is 0 Å². The highest BCUT2D eigenvalue weighted by Gasteiger charge is 2.28. The first-order chi connectivity index (χ1) is 7.33. The Morgan fingerprint density at radius 1 is 1.20 bits per heavy atom. The molecule has 0 spiro atoms. The maximum atomic E-state index is 5.91. The van der Waals surface area contributed by atoms with Crippen molar-refractivity contribution in [1.82, 2.24) is 5.32 Å². The second-order valence-corrected chi connectivity index (χ2v) is 4.57. The molecule has 15 heavy (non-hydrogen) atoms. The standard InChI is InChI=1S/C13H27NO/c1-4-11(5-2)13(14-6-3)12-9-7-8-10-15-12/h11-14H,4-10H2,1-3H3. The zero-order chi connectivity index (χ0) is 11.1. The highest BCUT2D eigenvalue weighted by Crippen LogP contribution is 2.24. The van der Waals surface area contributed by atoms with E-state index in [9.17, 15) is 0 Å². The van der Waals surface area contributed by atoms with E-state index in [2.05, 4.69) is 26.1 Å². The van der Waals surface area contributed by atoms with Crippen LogP contribution in [0, 0.1) is 5.92 Å². The Kier molecular flexibility index (Phi) is 6.26. The van der Waals surface area contributed by atoms with E-state index in [1.165, 1.54) is 32.1 Å². The predicted molar refractivity (Wildman–Crippen MR) is 65.1 cm³/mol. The predicted octanol–water partition coefficient (Wildman–Crippen LogP) is 2.97. The maximum Gasteiger partial charge on any atom is 0.0730 e. The minimum absolute atomic E-state index is 0.462. The van der Waals surface area contributed by atoms with Crippen molar-refractivity contribution in [3.05, 3.63) is 0 Å². The molecule has 0 aromatic rings. The minimum Gasteiger partial charge on any atom is -0.377 e. The Bertz CT molecular complexity index is 151. The molecule has 0 amide bonds. The number of nitrogens with one attached hydrogen (secondary N) is 1. The molecular weight excluding hydrogens is 186 g/mol. The van der Waals surface area contributed by atoms with Crippen molar-refractivity contribution in [2.75, 3.05) is 13.2 Å².